The molecule has 1 amide bonds. The number of pyridine rings is 1. The van der Waals surface area contributed by atoms with E-state index in [0.29, 0.717) is 23.5 Å². The van der Waals surface area contributed by atoms with E-state index in [0.717, 1.165) is 6.42 Å². The van der Waals surface area contributed by atoms with Gasteiger partial charge in [-0.2, -0.15) is 0 Å². The van der Waals surface area contributed by atoms with Crippen molar-refractivity contribution in [2.75, 3.05) is 6.61 Å². The number of hydrogen-bond acceptors (Lipinski definition) is 5. The molecule has 4 rings (SSSR count). The standard InChI is InChI=1S/C26H23FN2O4/c1-2-13-33-19-9-5-8-18(14-19)24(30)22-23(20-10-3-4-11-21(20)27)29(26(32)25(22)31)16-17-7-6-12-28-15-17/h3-12,14-15,23,30H,2,13,16H2,1H3/b24-22+. The zero-order valence-corrected chi connectivity index (χ0v) is 18.1. The molecule has 3 aromatic rings. The topological polar surface area (TPSA) is 79.7 Å². The molecule has 33 heavy (non-hydrogen) atoms. The number of aromatic nitrogens is 1. The number of carbonyl (C=O) groups excluding carboxylic acids is 2. The quantitative estimate of drug-likeness (QED) is 0.325. The van der Waals surface area contributed by atoms with Crippen molar-refractivity contribution in [1.29, 1.82) is 0 Å². The number of ether oxygens (including phenoxy) is 1. The molecule has 7 heteroatoms. The van der Waals surface area contributed by atoms with Crippen molar-refractivity contribution in [2.24, 2.45) is 0 Å². The molecule has 1 fully saturated rings. The summed E-state index contributed by atoms with van der Waals surface area (Å²) in [5.41, 5.74) is 0.946. The second-order valence-electron chi connectivity index (χ2n) is 7.69. The summed E-state index contributed by atoms with van der Waals surface area (Å²) in [6, 6.07) is 14.9. The molecule has 1 N–H and O–H groups in total. The number of ketones is 1. The fourth-order valence-corrected chi connectivity index (χ4v) is 3.86. The molecule has 1 unspecified atom stereocenters. The van der Waals surface area contributed by atoms with Crippen LogP contribution in [0.2, 0.25) is 0 Å². The number of Topliss-reactive ketones (excluding diaryl/α,β-unsaturated/α-hetero) is 1. The van der Waals surface area contributed by atoms with Crippen molar-refractivity contribution in [3.8, 4) is 5.75 Å². The van der Waals surface area contributed by atoms with Gasteiger partial charge in [-0.25, -0.2) is 4.39 Å². The molecule has 168 valence electrons. The zero-order chi connectivity index (χ0) is 23.4. The smallest absolute Gasteiger partial charge is 0.295 e. The Morgan fingerprint density at radius 3 is 2.67 bits per heavy atom. The highest BCUT2D eigenvalue weighted by atomic mass is 19.1. The van der Waals surface area contributed by atoms with Gasteiger partial charge in [0.25, 0.3) is 11.7 Å². The van der Waals surface area contributed by atoms with E-state index in [1.54, 1.807) is 54.9 Å². The number of carbonyl (C=O) groups is 2. The molecular formula is C26H23FN2O4. The minimum absolute atomic E-state index is 0.0356. The van der Waals surface area contributed by atoms with Crippen LogP contribution < -0.4 is 4.74 Å². The molecule has 1 aliphatic heterocycles. The number of aliphatic hydroxyl groups excluding tert-OH is 1. The molecule has 2 heterocycles. The zero-order valence-electron chi connectivity index (χ0n) is 18.1. The van der Waals surface area contributed by atoms with Crippen molar-refractivity contribution in [2.45, 2.75) is 25.9 Å². The summed E-state index contributed by atoms with van der Waals surface area (Å²) in [4.78, 5) is 31.4. The number of nitrogens with zero attached hydrogens (tertiary/aromatic N) is 2. The van der Waals surface area contributed by atoms with Gasteiger partial charge in [-0.3, -0.25) is 14.6 Å². The number of aliphatic hydroxyl groups is 1. The molecule has 0 spiro atoms. The monoisotopic (exact) mass is 446 g/mol. The highest BCUT2D eigenvalue weighted by Crippen LogP contribution is 2.41. The highest BCUT2D eigenvalue weighted by molar-refractivity contribution is 6.46. The molecule has 0 bridgehead atoms. The highest BCUT2D eigenvalue weighted by Gasteiger charge is 2.47. The number of halogens is 1. The van der Waals surface area contributed by atoms with Gasteiger partial charge in [-0.1, -0.05) is 43.3 Å². The number of likely N-dealkylation sites (tertiary alicyclic amines) is 1. The Kier molecular flexibility index (Phi) is 6.49. The number of benzene rings is 2. The Labute approximate surface area is 191 Å². The van der Waals surface area contributed by atoms with Gasteiger partial charge < -0.3 is 14.7 Å². The van der Waals surface area contributed by atoms with Gasteiger partial charge in [0.05, 0.1) is 18.2 Å². The molecule has 0 radical (unpaired) electrons. The van der Waals surface area contributed by atoms with Crippen molar-refractivity contribution in [3.05, 3.63) is 101 Å². The first kappa shape index (κ1) is 22.2. The summed E-state index contributed by atoms with van der Waals surface area (Å²) < 4.78 is 20.5. The molecule has 6 nitrogen and oxygen atoms in total. The Morgan fingerprint density at radius 2 is 1.94 bits per heavy atom. The second kappa shape index (κ2) is 9.65. The number of amides is 1. The molecule has 2 aromatic carbocycles. The lowest BCUT2D eigenvalue weighted by Gasteiger charge is -2.25. The summed E-state index contributed by atoms with van der Waals surface area (Å²) in [5.74, 6) is -2.12. The van der Waals surface area contributed by atoms with E-state index in [1.807, 2.05) is 6.92 Å². The molecule has 0 saturated carbocycles. The summed E-state index contributed by atoms with van der Waals surface area (Å²) in [6.07, 6.45) is 3.98. The van der Waals surface area contributed by atoms with E-state index >= 15 is 0 Å². The van der Waals surface area contributed by atoms with Crippen molar-refractivity contribution < 1.29 is 23.8 Å². The molecule has 1 atom stereocenters. The van der Waals surface area contributed by atoms with Gasteiger partial charge in [0, 0.05) is 30.1 Å². The third kappa shape index (κ3) is 4.48. The van der Waals surface area contributed by atoms with E-state index in [4.69, 9.17) is 4.74 Å². The largest absolute Gasteiger partial charge is 0.507 e. The lowest BCUT2D eigenvalue weighted by atomic mass is 9.94. The van der Waals surface area contributed by atoms with Gasteiger partial charge >= 0.3 is 0 Å². The summed E-state index contributed by atoms with van der Waals surface area (Å²) in [5, 5.41) is 11.2. The first-order chi connectivity index (χ1) is 16.0. The van der Waals surface area contributed by atoms with Gasteiger partial charge in [-0.05, 0) is 36.2 Å². The van der Waals surface area contributed by atoms with Crippen LogP contribution in [0.5, 0.6) is 5.75 Å². The molecule has 1 aliphatic rings. The molecule has 1 saturated heterocycles. The fourth-order valence-electron chi connectivity index (χ4n) is 3.86. The SMILES string of the molecule is CCCOc1cccc(/C(O)=C2\C(=O)C(=O)N(Cc3cccnc3)C2c2ccccc2F)c1. The first-order valence-corrected chi connectivity index (χ1v) is 10.7. The predicted molar refractivity (Wildman–Crippen MR) is 121 cm³/mol. The summed E-state index contributed by atoms with van der Waals surface area (Å²) in [6.45, 7) is 2.50. The maximum Gasteiger partial charge on any atom is 0.295 e. The Bertz CT molecular complexity index is 1210. The lowest BCUT2D eigenvalue weighted by molar-refractivity contribution is -0.140. The van der Waals surface area contributed by atoms with Crippen molar-refractivity contribution >= 4 is 17.4 Å². The van der Waals surface area contributed by atoms with Crippen LogP contribution in [-0.2, 0) is 16.1 Å². The van der Waals surface area contributed by atoms with E-state index in [2.05, 4.69) is 4.98 Å². The van der Waals surface area contributed by atoms with Gasteiger partial charge in [0.2, 0.25) is 0 Å². The minimum atomic E-state index is -1.09. The third-order valence-corrected chi connectivity index (χ3v) is 5.40. The normalized spacial score (nSPS) is 17.4. The van der Waals surface area contributed by atoms with Crippen LogP contribution in [0.1, 0.15) is 36.1 Å². The molecule has 1 aromatic heterocycles. The fraction of sp³-hybridized carbons (Fsp3) is 0.192. The van der Waals surface area contributed by atoms with Crippen LogP contribution in [0.25, 0.3) is 5.76 Å². The van der Waals surface area contributed by atoms with Crippen LogP contribution in [0.3, 0.4) is 0 Å². The van der Waals surface area contributed by atoms with E-state index in [9.17, 15) is 19.1 Å². The summed E-state index contributed by atoms with van der Waals surface area (Å²) in [7, 11) is 0. The second-order valence-corrected chi connectivity index (χ2v) is 7.69. The van der Waals surface area contributed by atoms with Crippen molar-refractivity contribution in [1.82, 2.24) is 9.88 Å². The van der Waals surface area contributed by atoms with Gasteiger partial charge in [-0.15, -0.1) is 0 Å². The van der Waals surface area contributed by atoms with Crippen LogP contribution >= 0.6 is 0 Å². The van der Waals surface area contributed by atoms with E-state index in [-0.39, 0.29) is 23.4 Å². The van der Waals surface area contributed by atoms with E-state index in [1.165, 1.54) is 23.1 Å². The first-order valence-electron chi connectivity index (χ1n) is 10.7. The average Bonchev–Trinajstić information content (AvgIpc) is 3.08. The average molecular weight is 446 g/mol. The molecular weight excluding hydrogens is 423 g/mol. The Morgan fingerprint density at radius 1 is 1.12 bits per heavy atom. The lowest BCUT2D eigenvalue weighted by Crippen LogP contribution is -2.29. The third-order valence-electron chi connectivity index (χ3n) is 5.40. The molecule has 0 aliphatic carbocycles. The minimum Gasteiger partial charge on any atom is -0.507 e. The van der Waals surface area contributed by atoms with Gasteiger partial charge in [0.1, 0.15) is 17.3 Å². The number of rotatable bonds is 7. The maximum atomic E-state index is 14.9. The van der Waals surface area contributed by atoms with Crippen LogP contribution in [0.15, 0.2) is 78.6 Å². The Hall–Kier alpha value is -4.00. The van der Waals surface area contributed by atoms with Crippen LogP contribution in [0, 0.1) is 5.82 Å². The van der Waals surface area contributed by atoms with Gasteiger partial charge in [0.15, 0.2) is 0 Å². The van der Waals surface area contributed by atoms with Crippen molar-refractivity contribution in [3.63, 3.8) is 0 Å². The predicted octanol–water partition coefficient (Wildman–Crippen LogP) is 4.63. The van der Waals surface area contributed by atoms with Crippen LogP contribution in [0.4, 0.5) is 4.39 Å². The van der Waals surface area contributed by atoms with E-state index < -0.39 is 23.5 Å². The van der Waals surface area contributed by atoms with Crippen LogP contribution in [-0.4, -0.2) is 33.3 Å². The Balaban J connectivity index is 1.84. The maximum absolute atomic E-state index is 14.9. The number of hydrogen-bond donors (Lipinski definition) is 1. The summed E-state index contributed by atoms with van der Waals surface area (Å²) >= 11 is 0.